The first-order chi connectivity index (χ1) is 10.5. The Balaban J connectivity index is 2.29. The van der Waals surface area contributed by atoms with E-state index in [2.05, 4.69) is 19.9 Å². The molecular weight excluding hydrogens is 288 g/mol. The minimum Gasteiger partial charge on any atom is -0.389 e. The van der Waals surface area contributed by atoms with Gasteiger partial charge in [0.15, 0.2) is 5.78 Å². The number of rotatable bonds is 0. The summed E-state index contributed by atoms with van der Waals surface area (Å²) in [6.07, 6.45) is 8.37. The van der Waals surface area contributed by atoms with Crippen LogP contribution in [0.2, 0.25) is 0 Å². The standard InChI is InChI=1S/C20H30O3/c1-13-6-7-16-17(19(16,3)4)11-14(2)18(22)8-9-20(5,23)12-15(21)10-13/h8-11,15-17,21,23H,6-7,12H2,1-5H3/b9-8+,13-10+,14-11+/t15?,16-,17+,20?/m0/s1. The Morgan fingerprint density at radius 3 is 2.48 bits per heavy atom. The third-order valence-corrected chi connectivity index (χ3v) is 5.50. The van der Waals surface area contributed by atoms with Crippen LogP contribution in [0.1, 0.15) is 53.9 Å². The molecule has 2 N–H and O–H groups in total. The van der Waals surface area contributed by atoms with Gasteiger partial charge in [0.2, 0.25) is 0 Å². The molecule has 0 bridgehead atoms. The summed E-state index contributed by atoms with van der Waals surface area (Å²) in [5, 5.41) is 20.5. The number of hydrogen-bond acceptors (Lipinski definition) is 3. The van der Waals surface area contributed by atoms with E-state index < -0.39 is 11.7 Å². The average Bonchev–Trinajstić information content (AvgIpc) is 2.92. The van der Waals surface area contributed by atoms with E-state index in [0.717, 1.165) is 24.0 Å². The zero-order chi connectivity index (χ0) is 17.4. The molecule has 4 atom stereocenters. The highest BCUT2D eigenvalue weighted by Crippen LogP contribution is 2.61. The highest BCUT2D eigenvalue weighted by atomic mass is 16.3. The van der Waals surface area contributed by atoms with Gasteiger partial charge < -0.3 is 10.2 Å². The molecule has 0 heterocycles. The number of aliphatic hydroxyl groups excluding tert-OH is 1. The maximum atomic E-state index is 12.2. The molecule has 0 radical (unpaired) electrons. The number of ketones is 1. The fraction of sp³-hybridized carbons (Fsp3) is 0.650. The van der Waals surface area contributed by atoms with Crippen LogP contribution in [0, 0.1) is 17.3 Å². The summed E-state index contributed by atoms with van der Waals surface area (Å²) in [4.78, 5) is 12.2. The molecular formula is C20H30O3. The molecule has 0 saturated heterocycles. The van der Waals surface area contributed by atoms with Crippen LogP contribution in [-0.4, -0.2) is 27.7 Å². The Morgan fingerprint density at radius 1 is 1.17 bits per heavy atom. The van der Waals surface area contributed by atoms with E-state index in [1.54, 1.807) is 6.92 Å². The monoisotopic (exact) mass is 318 g/mol. The molecule has 3 heteroatoms. The molecule has 0 amide bonds. The van der Waals surface area contributed by atoms with Crippen molar-refractivity contribution in [1.29, 1.82) is 0 Å². The molecule has 0 aliphatic heterocycles. The normalized spacial score (nSPS) is 44.1. The maximum Gasteiger partial charge on any atom is 0.181 e. The Labute approximate surface area is 139 Å². The lowest BCUT2D eigenvalue weighted by atomic mass is 9.94. The van der Waals surface area contributed by atoms with E-state index in [1.165, 1.54) is 12.2 Å². The second-order valence-electron chi connectivity index (χ2n) is 8.18. The third-order valence-electron chi connectivity index (χ3n) is 5.50. The van der Waals surface area contributed by atoms with Crippen LogP contribution in [-0.2, 0) is 4.79 Å². The first kappa shape index (κ1) is 18.2. The zero-order valence-corrected chi connectivity index (χ0v) is 15.0. The summed E-state index contributed by atoms with van der Waals surface area (Å²) in [6.45, 7) is 10.0. The van der Waals surface area contributed by atoms with Gasteiger partial charge in [0.05, 0.1) is 11.7 Å². The van der Waals surface area contributed by atoms with Gasteiger partial charge in [-0.15, -0.1) is 0 Å². The predicted octanol–water partition coefficient (Wildman–Crippen LogP) is 3.57. The molecule has 2 unspecified atom stereocenters. The second kappa shape index (κ2) is 6.37. The molecule has 128 valence electrons. The fourth-order valence-electron chi connectivity index (χ4n) is 3.75. The van der Waals surface area contributed by atoms with E-state index >= 15 is 0 Å². The SMILES string of the molecule is C/C1=C\C(O)CC(C)(O)/C=C/C(=O)/C(C)=C/[C@@H]2[C@H](CC1)C2(C)C. The number of hydrogen-bond donors (Lipinski definition) is 2. The van der Waals surface area contributed by atoms with Crippen molar-refractivity contribution < 1.29 is 15.0 Å². The number of carbonyl (C=O) groups excluding carboxylic acids is 1. The van der Waals surface area contributed by atoms with E-state index in [-0.39, 0.29) is 17.6 Å². The maximum absolute atomic E-state index is 12.2. The molecule has 2 aliphatic carbocycles. The van der Waals surface area contributed by atoms with Crippen LogP contribution in [0.25, 0.3) is 0 Å². The van der Waals surface area contributed by atoms with Crippen LogP contribution in [0.4, 0.5) is 0 Å². The molecule has 0 aromatic rings. The zero-order valence-electron chi connectivity index (χ0n) is 15.0. The van der Waals surface area contributed by atoms with Crippen LogP contribution in [0.5, 0.6) is 0 Å². The Hall–Kier alpha value is -1.19. The van der Waals surface area contributed by atoms with Gasteiger partial charge in [-0.25, -0.2) is 0 Å². The molecule has 2 aliphatic rings. The number of carbonyl (C=O) groups is 1. The number of aliphatic hydroxyl groups is 2. The minimum absolute atomic E-state index is 0.0648. The Morgan fingerprint density at radius 2 is 1.83 bits per heavy atom. The molecule has 0 spiro atoms. The van der Waals surface area contributed by atoms with Gasteiger partial charge in [-0.3, -0.25) is 4.79 Å². The first-order valence-electron chi connectivity index (χ1n) is 8.52. The van der Waals surface area contributed by atoms with Crippen molar-refractivity contribution in [3.63, 3.8) is 0 Å². The minimum atomic E-state index is -1.20. The summed E-state index contributed by atoms with van der Waals surface area (Å²) >= 11 is 0. The first-order valence-corrected chi connectivity index (χ1v) is 8.52. The van der Waals surface area contributed by atoms with Crippen molar-refractivity contribution in [3.8, 4) is 0 Å². The summed E-state index contributed by atoms with van der Waals surface area (Å²) in [6, 6.07) is 0. The molecule has 1 fully saturated rings. The summed E-state index contributed by atoms with van der Waals surface area (Å²) < 4.78 is 0. The van der Waals surface area contributed by atoms with Crippen LogP contribution < -0.4 is 0 Å². The lowest BCUT2D eigenvalue weighted by Gasteiger charge is -2.21. The fourth-order valence-corrected chi connectivity index (χ4v) is 3.75. The highest BCUT2D eigenvalue weighted by molar-refractivity contribution is 6.03. The van der Waals surface area contributed by atoms with Gasteiger partial charge in [-0.05, 0) is 68.6 Å². The molecule has 23 heavy (non-hydrogen) atoms. The van der Waals surface area contributed by atoms with Crippen LogP contribution in [0.3, 0.4) is 0 Å². The smallest absolute Gasteiger partial charge is 0.181 e. The summed E-state index contributed by atoms with van der Waals surface area (Å²) in [5.74, 6) is 0.951. The van der Waals surface area contributed by atoms with E-state index in [9.17, 15) is 15.0 Å². The van der Waals surface area contributed by atoms with Gasteiger partial charge in [0.25, 0.3) is 0 Å². The van der Waals surface area contributed by atoms with Gasteiger partial charge in [-0.1, -0.05) is 31.6 Å². The van der Waals surface area contributed by atoms with Crippen molar-refractivity contribution >= 4 is 5.78 Å². The van der Waals surface area contributed by atoms with Crippen molar-refractivity contribution in [3.05, 3.63) is 35.5 Å². The van der Waals surface area contributed by atoms with Gasteiger partial charge in [-0.2, -0.15) is 0 Å². The van der Waals surface area contributed by atoms with Gasteiger partial charge in [0, 0.05) is 6.42 Å². The Bertz CT molecular complexity index is 563. The van der Waals surface area contributed by atoms with Crippen LogP contribution in [0.15, 0.2) is 35.5 Å². The molecule has 2 rings (SSSR count). The topological polar surface area (TPSA) is 57.5 Å². The molecule has 1 saturated carbocycles. The molecule has 0 aromatic heterocycles. The lowest BCUT2D eigenvalue weighted by Crippen LogP contribution is -2.27. The average molecular weight is 318 g/mol. The van der Waals surface area contributed by atoms with E-state index in [4.69, 9.17) is 0 Å². The highest BCUT2D eigenvalue weighted by Gasteiger charge is 2.55. The molecule has 3 nitrogen and oxygen atoms in total. The predicted molar refractivity (Wildman–Crippen MR) is 92.9 cm³/mol. The van der Waals surface area contributed by atoms with Crippen molar-refractivity contribution in [1.82, 2.24) is 0 Å². The van der Waals surface area contributed by atoms with Crippen LogP contribution >= 0.6 is 0 Å². The quantitative estimate of drug-likeness (QED) is 0.671. The van der Waals surface area contributed by atoms with Crippen molar-refractivity contribution in [2.24, 2.45) is 17.3 Å². The third kappa shape index (κ3) is 4.42. The van der Waals surface area contributed by atoms with E-state index in [0.29, 0.717) is 11.8 Å². The lowest BCUT2D eigenvalue weighted by molar-refractivity contribution is -0.111. The summed E-state index contributed by atoms with van der Waals surface area (Å²) in [5.41, 5.74) is 0.933. The second-order valence-corrected chi connectivity index (χ2v) is 8.18. The van der Waals surface area contributed by atoms with Crippen molar-refractivity contribution in [2.75, 3.05) is 0 Å². The largest absolute Gasteiger partial charge is 0.389 e. The van der Waals surface area contributed by atoms with Crippen molar-refractivity contribution in [2.45, 2.75) is 65.6 Å². The van der Waals surface area contributed by atoms with Gasteiger partial charge >= 0.3 is 0 Å². The summed E-state index contributed by atoms with van der Waals surface area (Å²) in [7, 11) is 0. The molecule has 0 aromatic carbocycles. The number of allylic oxidation sites excluding steroid dienone is 4. The Kier molecular flexibility index (Phi) is 5.03. The number of fused-ring (bicyclic) bond motifs is 1. The van der Waals surface area contributed by atoms with E-state index in [1.807, 2.05) is 19.9 Å². The van der Waals surface area contributed by atoms with Gasteiger partial charge in [0.1, 0.15) is 0 Å².